The van der Waals surface area contributed by atoms with Crippen molar-refractivity contribution in [3.63, 3.8) is 0 Å². The summed E-state index contributed by atoms with van der Waals surface area (Å²) in [4.78, 5) is 4.54. The highest BCUT2D eigenvalue weighted by molar-refractivity contribution is 4.99. The van der Waals surface area contributed by atoms with Crippen LogP contribution >= 0.6 is 0 Å². The van der Waals surface area contributed by atoms with Crippen molar-refractivity contribution in [2.45, 2.75) is 46.1 Å². The van der Waals surface area contributed by atoms with Crippen molar-refractivity contribution in [3.8, 4) is 0 Å². The maximum atomic E-state index is 4.54. The molecule has 3 heteroatoms. The third kappa shape index (κ3) is 1.60. The predicted octanol–water partition coefficient (Wildman–Crippen LogP) is 1.98. The molecule has 0 N–H and O–H groups in total. The minimum Gasteiger partial charge on any atom is -0.250 e. The number of nitrogens with zero attached hydrogens (tertiary/aromatic N) is 3. The van der Waals surface area contributed by atoms with Gasteiger partial charge in [-0.05, 0) is 12.3 Å². The third-order valence-electron chi connectivity index (χ3n) is 2.63. The van der Waals surface area contributed by atoms with E-state index >= 15 is 0 Å². The minimum atomic E-state index is 0.452. The van der Waals surface area contributed by atoms with Crippen molar-refractivity contribution in [1.29, 1.82) is 0 Å². The van der Waals surface area contributed by atoms with E-state index in [1.807, 2.05) is 0 Å². The first-order chi connectivity index (χ1) is 6.16. The number of hydrogen-bond donors (Lipinski definition) is 0. The van der Waals surface area contributed by atoms with E-state index in [0.717, 1.165) is 24.7 Å². The fourth-order valence-electron chi connectivity index (χ4n) is 1.73. The smallest absolute Gasteiger partial charge is 0.153 e. The molecule has 0 spiro atoms. The number of aromatic nitrogens is 3. The van der Waals surface area contributed by atoms with Crippen LogP contribution in [0.4, 0.5) is 0 Å². The Morgan fingerprint density at radius 2 is 2.23 bits per heavy atom. The lowest BCUT2D eigenvalue weighted by molar-refractivity contribution is 0.367. The van der Waals surface area contributed by atoms with Crippen molar-refractivity contribution in [3.05, 3.63) is 11.6 Å². The standard InChI is InChI=1S/C10H17N3/c1-7(2)10-11-9-5-4-8(3)6-13(9)12-10/h7-8H,4-6H2,1-3H3. The first-order valence-corrected chi connectivity index (χ1v) is 5.10. The van der Waals surface area contributed by atoms with Crippen molar-refractivity contribution in [2.24, 2.45) is 5.92 Å². The Labute approximate surface area is 79.2 Å². The van der Waals surface area contributed by atoms with Gasteiger partial charge in [-0.2, -0.15) is 5.10 Å². The third-order valence-corrected chi connectivity index (χ3v) is 2.63. The first kappa shape index (κ1) is 8.73. The molecule has 13 heavy (non-hydrogen) atoms. The molecule has 0 bridgehead atoms. The topological polar surface area (TPSA) is 30.7 Å². The van der Waals surface area contributed by atoms with E-state index in [0.29, 0.717) is 5.92 Å². The van der Waals surface area contributed by atoms with Crippen molar-refractivity contribution in [1.82, 2.24) is 14.8 Å². The summed E-state index contributed by atoms with van der Waals surface area (Å²) >= 11 is 0. The van der Waals surface area contributed by atoms with E-state index in [1.54, 1.807) is 0 Å². The van der Waals surface area contributed by atoms with Crippen LogP contribution in [-0.2, 0) is 13.0 Å². The lowest BCUT2D eigenvalue weighted by atomic mass is 10.0. The van der Waals surface area contributed by atoms with E-state index in [-0.39, 0.29) is 0 Å². The summed E-state index contributed by atoms with van der Waals surface area (Å²) < 4.78 is 2.09. The Hall–Kier alpha value is -0.860. The molecule has 1 aliphatic rings. The monoisotopic (exact) mass is 179 g/mol. The van der Waals surface area contributed by atoms with Crippen LogP contribution in [0.5, 0.6) is 0 Å². The van der Waals surface area contributed by atoms with Gasteiger partial charge in [0.2, 0.25) is 0 Å². The van der Waals surface area contributed by atoms with Crippen LogP contribution in [0.15, 0.2) is 0 Å². The van der Waals surface area contributed by atoms with Crippen molar-refractivity contribution in [2.75, 3.05) is 0 Å². The van der Waals surface area contributed by atoms with Crippen LogP contribution < -0.4 is 0 Å². The summed E-state index contributed by atoms with van der Waals surface area (Å²) in [5, 5.41) is 4.51. The molecule has 0 amide bonds. The highest BCUT2D eigenvalue weighted by Crippen LogP contribution is 2.19. The van der Waals surface area contributed by atoms with Crippen molar-refractivity contribution < 1.29 is 0 Å². The van der Waals surface area contributed by atoms with Crippen LogP contribution in [0.2, 0.25) is 0 Å². The van der Waals surface area contributed by atoms with Crippen LogP contribution in [0, 0.1) is 5.92 Å². The Morgan fingerprint density at radius 1 is 1.46 bits per heavy atom. The molecular formula is C10H17N3. The molecule has 0 saturated heterocycles. The average molecular weight is 179 g/mol. The summed E-state index contributed by atoms with van der Waals surface area (Å²) in [5.74, 6) is 3.40. The molecule has 0 aromatic carbocycles. The molecule has 3 nitrogen and oxygen atoms in total. The maximum Gasteiger partial charge on any atom is 0.153 e. The Morgan fingerprint density at radius 3 is 2.92 bits per heavy atom. The molecule has 0 saturated carbocycles. The number of fused-ring (bicyclic) bond motifs is 1. The molecule has 1 aromatic rings. The normalized spacial score (nSPS) is 22.0. The van der Waals surface area contributed by atoms with Gasteiger partial charge in [-0.3, -0.25) is 0 Å². The van der Waals surface area contributed by atoms with Gasteiger partial charge in [-0.15, -0.1) is 0 Å². The predicted molar refractivity (Wildman–Crippen MR) is 51.6 cm³/mol. The maximum absolute atomic E-state index is 4.54. The highest BCUT2D eigenvalue weighted by atomic mass is 15.4. The van der Waals surface area contributed by atoms with Gasteiger partial charge in [0.25, 0.3) is 0 Å². The summed E-state index contributed by atoms with van der Waals surface area (Å²) in [7, 11) is 0. The molecular weight excluding hydrogens is 162 g/mol. The van der Waals surface area contributed by atoms with Crippen molar-refractivity contribution >= 4 is 0 Å². The second kappa shape index (κ2) is 3.13. The molecule has 0 aliphatic carbocycles. The molecule has 1 aromatic heterocycles. The summed E-state index contributed by atoms with van der Waals surface area (Å²) in [6.45, 7) is 7.62. The SMILES string of the molecule is CC1CCc2nc(C(C)C)nn2C1. The second-order valence-corrected chi connectivity index (χ2v) is 4.37. The van der Waals surface area contributed by atoms with E-state index in [9.17, 15) is 0 Å². The zero-order chi connectivity index (χ0) is 9.42. The zero-order valence-corrected chi connectivity index (χ0v) is 8.62. The fraction of sp³-hybridized carbons (Fsp3) is 0.800. The van der Waals surface area contributed by atoms with Crippen LogP contribution in [0.3, 0.4) is 0 Å². The van der Waals surface area contributed by atoms with Crippen LogP contribution in [0.1, 0.15) is 44.8 Å². The van der Waals surface area contributed by atoms with Gasteiger partial charge in [-0.1, -0.05) is 20.8 Å². The average Bonchev–Trinajstić information content (AvgIpc) is 2.46. The van der Waals surface area contributed by atoms with Crippen LogP contribution in [0.25, 0.3) is 0 Å². The summed E-state index contributed by atoms with van der Waals surface area (Å²) in [6.07, 6.45) is 2.36. The molecule has 72 valence electrons. The van der Waals surface area contributed by atoms with Gasteiger partial charge in [0.15, 0.2) is 5.82 Å². The number of hydrogen-bond acceptors (Lipinski definition) is 2. The summed E-state index contributed by atoms with van der Waals surface area (Å²) in [5.41, 5.74) is 0. The minimum absolute atomic E-state index is 0.452. The molecule has 2 rings (SSSR count). The van der Waals surface area contributed by atoms with Gasteiger partial charge in [0.05, 0.1) is 0 Å². The second-order valence-electron chi connectivity index (χ2n) is 4.37. The van der Waals surface area contributed by atoms with E-state index in [4.69, 9.17) is 0 Å². The largest absolute Gasteiger partial charge is 0.250 e. The Bertz CT molecular complexity index is 301. The van der Waals surface area contributed by atoms with Gasteiger partial charge < -0.3 is 0 Å². The molecule has 0 radical (unpaired) electrons. The van der Waals surface area contributed by atoms with Gasteiger partial charge in [0, 0.05) is 18.9 Å². The lowest BCUT2D eigenvalue weighted by Crippen LogP contribution is -2.18. The van der Waals surface area contributed by atoms with Gasteiger partial charge in [-0.25, -0.2) is 9.67 Å². The fourth-order valence-corrected chi connectivity index (χ4v) is 1.73. The molecule has 2 heterocycles. The van der Waals surface area contributed by atoms with Gasteiger partial charge in [0.1, 0.15) is 5.82 Å². The number of rotatable bonds is 1. The Balaban J connectivity index is 2.28. The van der Waals surface area contributed by atoms with Gasteiger partial charge >= 0.3 is 0 Å². The Kier molecular flexibility index (Phi) is 2.10. The highest BCUT2D eigenvalue weighted by Gasteiger charge is 2.19. The quantitative estimate of drug-likeness (QED) is 0.660. The van der Waals surface area contributed by atoms with E-state index in [1.165, 1.54) is 12.2 Å². The first-order valence-electron chi connectivity index (χ1n) is 5.10. The molecule has 0 fully saturated rings. The molecule has 1 atom stereocenters. The lowest BCUT2D eigenvalue weighted by Gasteiger charge is -2.17. The zero-order valence-electron chi connectivity index (χ0n) is 8.62. The number of aryl methyl sites for hydroxylation is 1. The molecule has 1 aliphatic heterocycles. The van der Waals surface area contributed by atoms with Crippen LogP contribution in [-0.4, -0.2) is 14.8 Å². The summed E-state index contributed by atoms with van der Waals surface area (Å²) in [6, 6.07) is 0. The van der Waals surface area contributed by atoms with E-state index < -0.39 is 0 Å². The molecule has 1 unspecified atom stereocenters. The van der Waals surface area contributed by atoms with E-state index in [2.05, 4.69) is 35.5 Å².